The van der Waals surface area contributed by atoms with Gasteiger partial charge in [-0.1, -0.05) is 19.1 Å². The van der Waals surface area contributed by atoms with Gasteiger partial charge in [0.05, 0.1) is 16.0 Å². The van der Waals surface area contributed by atoms with Crippen LogP contribution in [-0.2, 0) is 9.84 Å². The minimum atomic E-state index is -3.18. The zero-order valence-electron chi connectivity index (χ0n) is 9.46. The largest absolute Gasteiger partial charge is 0.225 e. The summed E-state index contributed by atoms with van der Waals surface area (Å²) in [6, 6.07) is 7.54. The Hall–Kier alpha value is -0.940. The molecule has 1 saturated carbocycles. The van der Waals surface area contributed by atoms with E-state index in [9.17, 15) is 8.42 Å². The first-order chi connectivity index (χ1) is 8.06. The van der Waals surface area contributed by atoms with Crippen LogP contribution < -0.4 is 0 Å². The number of thiazole rings is 1. The van der Waals surface area contributed by atoms with Crippen molar-refractivity contribution in [3.05, 3.63) is 24.3 Å². The number of benzene rings is 1. The van der Waals surface area contributed by atoms with Crippen LogP contribution in [0, 0.1) is 11.8 Å². The van der Waals surface area contributed by atoms with Crippen molar-refractivity contribution in [1.29, 1.82) is 0 Å². The SMILES string of the molecule is C[C@H]1C[C@@H]1CS(=O)(=O)c1nc2ccccc2s1. The number of para-hydroxylation sites is 1. The van der Waals surface area contributed by atoms with E-state index in [2.05, 4.69) is 11.9 Å². The van der Waals surface area contributed by atoms with E-state index in [-0.39, 0.29) is 10.1 Å². The summed E-state index contributed by atoms with van der Waals surface area (Å²) in [6.45, 7) is 2.10. The summed E-state index contributed by atoms with van der Waals surface area (Å²) in [5, 5.41) is 0. The topological polar surface area (TPSA) is 47.0 Å². The quantitative estimate of drug-likeness (QED) is 0.859. The van der Waals surface area contributed by atoms with Crippen LogP contribution in [0.15, 0.2) is 28.6 Å². The molecule has 0 unspecified atom stereocenters. The number of hydrogen-bond acceptors (Lipinski definition) is 4. The van der Waals surface area contributed by atoms with E-state index < -0.39 is 9.84 Å². The zero-order valence-corrected chi connectivity index (χ0v) is 11.1. The summed E-state index contributed by atoms with van der Waals surface area (Å²) in [4.78, 5) is 4.22. The molecule has 0 spiro atoms. The molecule has 1 aromatic carbocycles. The lowest BCUT2D eigenvalue weighted by Gasteiger charge is -1.97. The van der Waals surface area contributed by atoms with Gasteiger partial charge >= 0.3 is 0 Å². The molecule has 90 valence electrons. The number of sulfone groups is 1. The van der Waals surface area contributed by atoms with Gasteiger partial charge in [-0.25, -0.2) is 13.4 Å². The Morgan fingerprint density at radius 1 is 1.41 bits per heavy atom. The number of hydrogen-bond donors (Lipinski definition) is 0. The molecule has 2 atom stereocenters. The third-order valence-corrected chi connectivity index (χ3v) is 6.58. The van der Waals surface area contributed by atoms with Crippen LogP contribution >= 0.6 is 11.3 Å². The van der Waals surface area contributed by atoms with Crippen LogP contribution in [0.5, 0.6) is 0 Å². The van der Waals surface area contributed by atoms with E-state index >= 15 is 0 Å². The molecule has 0 bridgehead atoms. The highest BCUT2D eigenvalue weighted by Crippen LogP contribution is 2.40. The lowest BCUT2D eigenvalue weighted by Crippen LogP contribution is -2.08. The number of aromatic nitrogens is 1. The highest BCUT2D eigenvalue weighted by Gasteiger charge is 2.37. The molecule has 3 rings (SSSR count). The Morgan fingerprint density at radius 3 is 2.76 bits per heavy atom. The van der Waals surface area contributed by atoms with Crippen molar-refractivity contribution >= 4 is 31.4 Å². The minimum absolute atomic E-state index is 0.258. The maximum atomic E-state index is 12.1. The van der Waals surface area contributed by atoms with Crippen molar-refractivity contribution < 1.29 is 8.42 Å². The summed E-state index contributed by atoms with van der Waals surface area (Å²) in [6.07, 6.45) is 1.03. The second kappa shape index (κ2) is 3.78. The Morgan fingerprint density at radius 2 is 2.12 bits per heavy atom. The predicted octanol–water partition coefficient (Wildman–Crippen LogP) is 2.73. The maximum absolute atomic E-state index is 12.1. The number of fused-ring (bicyclic) bond motifs is 1. The first-order valence-corrected chi connectivity index (χ1v) is 8.11. The molecular formula is C12H13NO2S2. The highest BCUT2D eigenvalue weighted by molar-refractivity contribution is 7.93. The molecule has 3 nitrogen and oxygen atoms in total. The van der Waals surface area contributed by atoms with Gasteiger partial charge in [0.2, 0.25) is 14.2 Å². The Balaban J connectivity index is 1.97. The second-order valence-corrected chi connectivity index (χ2v) is 7.94. The molecule has 0 saturated heterocycles. The predicted molar refractivity (Wildman–Crippen MR) is 68.9 cm³/mol. The summed E-state index contributed by atoms with van der Waals surface area (Å²) < 4.78 is 25.5. The van der Waals surface area contributed by atoms with E-state index in [0.717, 1.165) is 16.6 Å². The minimum Gasteiger partial charge on any atom is -0.225 e. The number of nitrogens with zero attached hydrogens (tertiary/aromatic N) is 1. The van der Waals surface area contributed by atoms with Crippen molar-refractivity contribution in [2.75, 3.05) is 5.75 Å². The van der Waals surface area contributed by atoms with Crippen LogP contribution in [0.2, 0.25) is 0 Å². The third-order valence-electron chi connectivity index (χ3n) is 3.25. The van der Waals surface area contributed by atoms with Crippen LogP contribution in [0.4, 0.5) is 0 Å². The van der Waals surface area contributed by atoms with Crippen molar-refractivity contribution in [2.24, 2.45) is 11.8 Å². The fourth-order valence-electron chi connectivity index (χ4n) is 1.97. The van der Waals surface area contributed by atoms with E-state index in [1.807, 2.05) is 24.3 Å². The molecule has 5 heteroatoms. The summed E-state index contributed by atoms with van der Waals surface area (Å²) >= 11 is 1.28. The second-order valence-electron chi connectivity index (χ2n) is 4.70. The van der Waals surface area contributed by atoms with Crippen molar-refractivity contribution in [3.63, 3.8) is 0 Å². The maximum Gasteiger partial charge on any atom is 0.210 e. The van der Waals surface area contributed by atoms with Gasteiger partial charge in [0, 0.05) is 0 Å². The van der Waals surface area contributed by atoms with E-state index in [1.54, 1.807) is 0 Å². The Bertz CT molecular complexity index is 627. The molecule has 1 aromatic heterocycles. The fourth-order valence-corrected chi connectivity index (χ4v) is 5.06. The van der Waals surface area contributed by atoms with E-state index in [0.29, 0.717) is 11.8 Å². The molecule has 1 aliphatic carbocycles. The highest BCUT2D eigenvalue weighted by atomic mass is 32.2. The molecule has 0 amide bonds. The molecular weight excluding hydrogens is 254 g/mol. The first-order valence-electron chi connectivity index (χ1n) is 5.64. The van der Waals surface area contributed by atoms with Crippen LogP contribution in [0.3, 0.4) is 0 Å². The molecule has 0 radical (unpaired) electrons. The normalized spacial score (nSPS) is 24.1. The fraction of sp³-hybridized carbons (Fsp3) is 0.417. The van der Waals surface area contributed by atoms with E-state index in [1.165, 1.54) is 11.3 Å². The molecule has 1 fully saturated rings. The monoisotopic (exact) mass is 267 g/mol. The summed E-state index contributed by atoms with van der Waals surface area (Å²) in [7, 11) is -3.18. The molecule has 17 heavy (non-hydrogen) atoms. The molecule has 0 N–H and O–H groups in total. The summed E-state index contributed by atoms with van der Waals surface area (Å²) in [5.74, 6) is 1.15. The Kier molecular flexibility index (Phi) is 2.48. The van der Waals surface area contributed by atoms with Gasteiger partial charge in [-0.3, -0.25) is 0 Å². The van der Waals surface area contributed by atoms with Crippen LogP contribution in [0.25, 0.3) is 10.2 Å². The molecule has 1 heterocycles. The van der Waals surface area contributed by atoms with Crippen molar-refractivity contribution in [1.82, 2.24) is 4.98 Å². The van der Waals surface area contributed by atoms with Crippen LogP contribution in [-0.4, -0.2) is 19.2 Å². The molecule has 2 aromatic rings. The van der Waals surface area contributed by atoms with Gasteiger partial charge < -0.3 is 0 Å². The average molecular weight is 267 g/mol. The van der Waals surface area contributed by atoms with Crippen LogP contribution in [0.1, 0.15) is 13.3 Å². The third kappa shape index (κ3) is 2.09. The lowest BCUT2D eigenvalue weighted by molar-refractivity contribution is 0.589. The lowest BCUT2D eigenvalue weighted by atomic mass is 10.3. The van der Waals surface area contributed by atoms with Gasteiger partial charge in [0.15, 0.2) is 0 Å². The number of rotatable bonds is 3. The zero-order chi connectivity index (χ0) is 12.0. The molecule has 0 aliphatic heterocycles. The van der Waals surface area contributed by atoms with Gasteiger partial charge in [0.1, 0.15) is 0 Å². The Labute approximate surface area is 104 Å². The first kappa shape index (κ1) is 11.2. The average Bonchev–Trinajstić information content (AvgIpc) is 2.82. The van der Waals surface area contributed by atoms with Crippen molar-refractivity contribution in [3.8, 4) is 0 Å². The van der Waals surface area contributed by atoms with Gasteiger partial charge in [0.25, 0.3) is 0 Å². The van der Waals surface area contributed by atoms with Gasteiger partial charge in [-0.15, -0.1) is 11.3 Å². The van der Waals surface area contributed by atoms with E-state index in [4.69, 9.17) is 0 Å². The summed E-state index contributed by atoms with van der Waals surface area (Å²) in [5.41, 5.74) is 0.778. The standard InChI is InChI=1S/C12H13NO2S2/c1-8-6-9(8)7-17(14,15)12-13-10-4-2-3-5-11(10)16-12/h2-5,8-9H,6-7H2,1H3/t8-,9+/m0/s1. The smallest absolute Gasteiger partial charge is 0.210 e. The molecule has 1 aliphatic rings. The van der Waals surface area contributed by atoms with Gasteiger partial charge in [-0.2, -0.15) is 0 Å². The van der Waals surface area contributed by atoms with Gasteiger partial charge in [-0.05, 0) is 30.4 Å². The van der Waals surface area contributed by atoms with Crippen molar-refractivity contribution in [2.45, 2.75) is 17.7 Å².